The summed E-state index contributed by atoms with van der Waals surface area (Å²) < 4.78 is 42.6. The Labute approximate surface area is 144 Å². The van der Waals surface area contributed by atoms with Crippen molar-refractivity contribution < 1.29 is 17.9 Å². The van der Waals surface area contributed by atoms with Gasteiger partial charge in [0, 0.05) is 38.7 Å². The number of thiazole rings is 1. The van der Waals surface area contributed by atoms with Crippen LogP contribution < -0.4 is 10.6 Å². The average molecular weight is 367 g/mol. The van der Waals surface area contributed by atoms with Gasteiger partial charge in [-0.05, 0) is 14.0 Å². The minimum Gasteiger partial charge on any atom is -0.383 e. The van der Waals surface area contributed by atoms with E-state index in [2.05, 4.69) is 25.5 Å². The highest BCUT2D eigenvalue weighted by Gasteiger charge is 2.33. The molecule has 1 rings (SSSR count). The Morgan fingerprint density at radius 1 is 1.38 bits per heavy atom. The van der Waals surface area contributed by atoms with Crippen LogP contribution in [0.1, 0.15) is 17.6 Å². The molecular weight excluding hydrogens is 343 g/mol. The van der Waals surface area contributed by atoms with E-state index in [1.54, 1.807) is 7.11 Å². The molecule has 10 heteroatoms. The summed E-state index contributed by atoms with van der Waals surface area (Å²) in [5.41, 5.74) is -0.865. The van der Waals surface area contributed by atoms with Gasteiger partial charge in [0.05, 0.1) is 13.2 Å². The first-order valence-corrected chi connectivity index (χ1v) is 8.46. The van der Waals surface area contributed by atoms with Crippen molar-refractivity contribution in [2.45, 2.75) is 19.6 Å². The zero-order valence-electron chi connectivity index (χ0n) is 14.1. The minimum absolute atomic E-state index is 0.107. The van der Waals surface area contributed by atoms with E-state index >= 15 is 0 Å². The predicted octanol–water partition coefficient (Wildman–Crippen LogP) is 1.80. The highest BCUT2D eigenvalue weighted by Crippen LogP contribution is 2.30. The van der Waals surface area contributed by atoms with Gasteiger partial charge in [0.15, 0.2) is 11.7 Å². The molecule has 0 bridgehead atoms. The fraction of sp³-hybridized carbons (Fsp3) is 0.714. The molecule has 1 aromatic rings. The monoisotopic (exact) mass is 367 g/mol. The van der Waals surface area contributed by atoms with Gasteiger partial charge in [-0.1, -0.05) is 0 Å². The van der Waals surface area contributed by atoms with Crippen LogP contribution in [0.15, 0.2) is 10.4 Å². The average Bonchev–Trinajstić information content (AvgIpc) is 2.99. The fourth-order valence-electron chi connectivity index (χ4n) is 1.73. The summed E-state index contributed by atoms with van der Waals surface area (Å²) in [6.45, 7) is 5.64. The van der Waals surface area contributed by atoms with Crippen LogP contribution in [-0.4, -0.2) is 62.8 Å². The van der Waals surface area contributed by atoms with E-state index in [0.717, 1.165) is 29.8 Å². The second-order valence-corrected chi connectivity index (χ2v) is 5.98. The molecule has 0 atom stereocenters. The summed E-state index contributed by atoms with van der Waals surface area (Å²) in [5.74, 6) is 0.557. The second kappa shape index (κ2) is 10.5. The SMILES string of the molecule is CCNC(=NCc1nc(C(F)(F)F)cs1)NCCN(C)CCOC. The van der Waals surface area contributed by atoms with Crippen molar-refractivity contribution in [3.05, 3.63) is 16.1 Å². The van der Waals surface area contributed by atoms with Gasteiger partial charge >= 0.3 is 6.18 Å². The topological polar surface area (TPSA) is 61.8 Å². The number of aliphatic imine (C=N–C) groups is 1. The van der Waals surface area contributed by atoms with E-state index in [-0.39, 0.29) is 6.54 Å². The molecule has 1 aromatic heterocycles. The Morgan fingerprint density at radius 2 is 2.12 bits per heavy atom. The molecule has 0 saturated heterocycles. The van der Waals surface area contributed by atoms with E-state index in [9.17, 15) is 13.2 Å². The summed E-state index contributed by atoms with van der Waals surface area (Å²) in [7, 11) is 3.64. The van der Waals surface area contributed by atoms with E-state index < -0.39 is 11.9 Å². The Morgan fingerprint density at radius 3 is 2.71 bits per heavy atom. The molecule has 6 nitrogen and oxygen atoms in total. The van der Waals surface area contributed by atoms with E-state index in [0.29, 0.717) is 30.7 Å². The van der Waals surface area contributed by atoms with Crippen molar-refractivity contribution in [3.63, 3.8) is 0 Å². The lowest BCUT2D eigenvalue weighted by molar-refractivity contribution is -0.140. The van der Waals surface area contributed by atoms with E-state index in [1.165, 1.54) is 0 Å². The van der Waals surface area contributed by atoms with Crippen molar-refractivity contribution in [1.82, 2.24) is 20.5 Å². The van der Waals surface area contributed by atoms with Gasteiger partial charge in [-0.15, -0.1) is 11.3 Å². The highest BCUT2D eigenvalue weighted by molar-refractivity contribution is 7.09. The molecule has 0 fully saturated rings. The number of methoxy groups -OCH3 is 1. The number of ether oxygens (including phenoxy) is 1. The molecule has 1 heterocycles. The summed E-state index contributed by atoms with van der Waals surface area (Å²) in [6, 6.07) is 0. The summed E-state index contributed by atoms with van der Waals surface area (Å²) >= 11 is 0.958. The quantitative estimate of drug-likeness (QED) is 0.515. The maximum atomic E-state index is 12.5. The summed E-state index contributed by atoms with van der Waals surface area (Å²) in [4.78, 5) is 9.94. The highest BCUT2D eigenvalue weighted by atomic mass is 32.1. The molecule has 0 unspecified atom stereocenters. The molecule has 0 spiro atoms. The van der Waals surface area contributed by atoms with Crippen LogP contribution in [0.2, 0.25) is 0 Å². The largest absolute Gasteiger partial charge is 0.434 e. The Kier molecular flexibility index (Phi) is 9.01. The van der Waals surface area contributed by atoms with Gasteiger partial charge in [-0.25, -0.2) is 9.98 Å². The van der Waals surface area contributed by atoms with E-state index in [4.69, 9.17) is 4.74 Å². The Hall–Kier alpha value is -1.39. The number of aromatic nitrogens is 1. The molecule has 0 aliphatic carbocycles. The van der Waals surface area contributed by atoms with Crippen molar-refractivity contribution in [3.8, 4) is 0 Å². The standard InChI is InChI=1S/C14H24F3N5OS/c1-4-18-13(19-5-6-22(2)7-8-23-3)20-9-12-21-11(10-24-12)14(15,16)17/h10H,4-9H2,1-3H3,(H2,18,19,20). The lowest BCUT2D eigenvalue weighted by Gasteiger charge is -2.17. The van der Waals surface area contributed by atoms with Gasteiger partial charge in [-0.2, -0.15) is 13.2 Å². The number of alkyl halides is 3. The van der Waals surface area contributed by atoms with Crippen LogP contribution in [0, 0.1) is 0 Å². The van der Waals surface area contributed by atoms with Gasteiger partial charge in [-0.3, -0.25) is 0 Å². The fourth-order valence-corrected chi connectivity index (χ4v) is 2.45. The summed E-state index contributed by atoms with van der Waals surface area (Å²) in [6.07, 6.45) is -4.41. The van der Waals surface area contributed by atoms with Gasteiger partial charge in [0.2, 0.25) is 0 Å². The van der Waals surface area contributed by atoms with Gasteiger partial charge < -0.3 is 20.3 Å². The van der Waals surface area contributed by atoms with Crippen LogP contribution in [-0.2, 0) is 17.5 Å². The third-order valence-electron chi connectivity index (χ3n) is 3.02. The number of nitrogens with one attached hydrogen (secondary N) is 2. The van der Waals surface area contributed by atoms with E-state index in [1.807, 2.05) is 14.0 Å². The zero-order chi connectivity index (χ0) is 18.0. The smallest absolute Gasteiger partial charge is 0.383 e. The molecule has 138 valence electrons. The second-order valence-electron chi connectivity index (χ2n) is 5.04. The predicted molar refractivity (Wildman–Crippen MR) is 89.3 cm³/mol. The lowest BCUT2D eigenvalue weighted by Crippen LogP contribution is -2.41. The maximum absolute atomic E-state index is 12.5. The maximum Gasteiger partial charge on any atom is 0.434 e. The van der Waals surface area contributed by atoms with Crippen LogP contribution in [0.3, 0.4) is 0 Å². The number of likely N-dealkylation sites (N-methyl/N-ethyl adjacent to an activating group) is 1. The first kappa shape index (κ1) is 20.7. The van der Waals surface area contributed by atoms with Crippen LogP contribution >= 0.6 is 11.3 Å². The van der Waals surface area contributed by atoms with Crippen molar-refractivity contribution in [1.29, 1.82) is 0 Å². The van der Waals surface area contributed by atoms with Crippen molar-refractivity contribution in [2.24, 2.45) is 4.99 Å². The normalized spacial score (nSPS) is 12.7. The van der Waals surface area contributed by atoms with Gasteiger partial charge in [0.1, 0.15) is 5.01 Å². The molecule has 24 heavy (non-hydrogen) atoms. The third kappa shape index (κ3) is 7.93. The minimum atomic E-state index is -4.41. The Balaban J connectivity index is 2.49. The molecule has 0 aliphatic rings. The molecule has 0 radical (unpaired) electrons. The molecule has 0 aromatic carbocycles. The molecule has 0 saturated carbocycles. The van der Waals surface area contributed by atoms with Crippen LogP contribution in [0.5, 0.6) is 0 Å². The molecule has 2 N–H and O–H groups in total. The molecular formula is C14H24F3N5OS. The number of halogens is 3. The number of guanidine groups is 1. The van der Waals surface area contributed by atoms with Crippen LogP contribution in [0.4, 0.5) is 13.2 Å². The number of hydrogen-bond donors (Lipinski definition) is 2. The number of nitrogens with zero attached hydrogens (tertiary/aromatic N) is 3. The first-order valence-electron chi connectivity index (χ1n) is 7.58. The first-order chi connectivity index (χ1) is 11.4. The van der Waals surface area contributed by atoms with Crippen LogP contribution in [0.25, 0.3) is 0 Å². The number of hydrogen-bond acceptors (Lipinski definition) is 5. The lowest BCUT2D eigenvalue weighted by atomic mass is 10.5. The molecule has 0 aliphatic heterocycles. The zero-order valence-corrected chi connectivity index (χ0v) is 14.9. The van der Waals surface area contributed by atoms with Gasteiger partial charge in [0.25, 0.3) is 0 Å². The Bertz CT molecular complexity index is 507. The summed E-state index contributed by atoms with van der Waals surface area (Å²) in [5, 5.41) is 7.54. The third-order valence-corrected chi connectivity index (χ3v) is 3.86. The van der Waals surface area contributed by atoms with Crippen molar-refractivity contribution >= 4 is 17.3 Å². The molecule has 0 amide bonds. The number of rotatable bonds is 9. The van der Waals surface area contributed by atoms with Crippen molar-refractivity contribution in [2.75, 3.05) is 46.9 Å².